The van der Waals surface area contributed by atoms with E-state index in [1.54, 1.807) is 15.6 Å². The molecule has 0 aliphatic heterocycles. The highest BCUT2D eigenvalue weighted by Gasteiger charge is 2.30. The van der Waals surface area contributed by atoms with Crippen LogP contribution in [0.3, 0.4) is 0 Å². The second-order valence-electron chi connectivity index (χ2n) is 10.3. The number of fused-ring (bicyclic) bond motifs is 1. The van der Waals surface area contributed by atoms with Gasteiger partial charge in [-0.15, -0.1) is 0 Å². The van der Waals surface area contributed by atoms with Crippen molar-refractivity contribution in [2.24, 2.45) is 5.92 Å². The number of halogens is 1. The Morgan fingerprint density at radius 1 is 1.16 bits per heavy atom. The number of amides is 1. The monoisotopic (exact) mass is 505 g/mol. The van der Waals surface area contributed by atoms with Crippen LogP contribution in [0.15, 0.2) is 16.7 Å². The molecule has 0 saturated heterocycles. The minimum Gasteiger partial charge on any atom is -0.443 e. The normalized spacial score (nSPS) is 18.6. The minimum absolute atomic E-state index is 0.328. The Morgan fingerprint density at radius 3 is 2.47 bits per heavy atom. The number of carbonyl (C=O) groups is 1. The van der Waals surface area contributed by atoms with Crippen molar-refractivity contribution in [3.8, 4) is 0 Å². The summed E-state index contributed by atoms with van der Waals surface area (Å²) in [6, 6.07) is 2.38. The first-order chi connectivity index (χ1) is 15.3. The fourth-order valence-electron chi connectivity index (χ4n) is 4.85. The van der Waals surface area contributed by atoms with E-state index in [2.05, 4.69) is 26.3 Å². The third kappa shape index (κ3) is 5.74. The summed E-state index contributed by atoms with van der Waals surface area (Å²) < 4.78 is 8.40. The van der Waals surface area contributed by atoms with Crippen LogP contribution in [0, 0.1) is 5.92 Å². The Balaban J connectivity index is 1.70. The highest BCUT2D eigenvalue weighted by Crippen LogP contribution is 2.31. The molecule has 4 rings (SSSR count). The predicted octanol–water partition coefficient (Wildman–Crippen LogP) is 6.56. The van der Waals surface area contributed by atoms with E-state index < -0.39 is 5.60 Å². The molecule has 0 unspecified atom stereocenters. The topological polar surface area (TPSA) is 71.8 Å². The van der Waals surface area contributed by atoms with Crippen LogP contribution in [-0.4, -0.2) is 38.9 Å². The number of carbonyl (C=O) groups excluding carboxylic acids is 1. The lowest BCUT2D eigenvalue weighted by Gasteiger charge is -2.32. The van der Waals surface area contributed by atoms with Crippen molar-refractivity contribution >= 4 is 39.3 Å². The fourth-order valence-corrected chi connectivity index (χ4v) is 5.20. The number of nitrogens with one attached hydrogen (secondary N) is 1. The van der Waals surface area contributed by atoms with Gasteiger partial charge in [-0.05, 0) is 68.3 Å². The molecule has 2 saturated carbocycles. The first kappa shape index (κ1) is 23.3. The molecule has 1 amide bonds. The molecule has 0 radical (unpaired) electrons. The standard InChI is InChI=1S/C24H36BrN5O2/c1-24(2,3)32-23(31)29(16-17-10-6-4-7-11-17)21-14-20(27-18-12-8-5-9-13-18)28-22-19(25)15-26-30(21)22/h14-15,17-18H,4-13,16H2,1-3H3,(H,27,28). The molecule has 0 bridgehead atoms. The van der Waals surface area contributed by atoms with Crippen LogP contribution in [0.25, 0.3) is 5.65 Å². The van der Waals surface area contributed by atoms with Crippen LogP contribution in [0.4, 0.5) is 16.4 Å². The van der Waals surface area contributed by atoms with Crippen molar-refractivity contribution in [3.05, 3.63) is 16.7 Å². The average molecular weight is 506 g/mol. The molecule has 0 aromatic carbocycles. The zero-order chi connectivity index (χ0) is 22.7. The van der Waals surface area contributed by atoms with Gasteiger partial charge in [-0.1, -0.05) is 38.5 Å². The molecule has 2 aromatic heterocycles. The lowest BCUT2D eigenvalue weighted by molar-refractivity contribution is 0.0570. The van der Waals surface area contributed by atoms with Crippen LogP contribution in [0.2, 0.25) is 0 Å². The number of anilines is 2. The maximum atomic E-state index is 13.4. The van der Waals surface area contributed by atoms with Crippen molar-refractivity contribution in [2.75, 3.05) is 16.8 Å². The highest BCUT2D eigenvalue weighted by molar-refractivity contribution is 9.10. The van der Waals surface area contributed by atoms with Crippen molar-refractivity contribution in [1.82, 2.24) is 14.6 Å². The molecule has 7 nitrogen and oxygen atoms in total. The SMILES string of the molecule is CC(C)(C)OC(=O)N(CC1CCCCC1)c1cc(NC2CCCCC2)nc2c(Br)cnn12. The highest BCUT2D eigenvalue weighted by atomic mass is 79.9. The molecule has 2 heterocycles. The molecule has 32 heavy (non-hydrogen) atoms. The number of rotatable bonds is 5. The van der Waals surface area contributed by atoms with E-state index in [9.17, 15) is 4.79 Å². The summed E-state index contributed by atoms with van der Waals surface area (Å²) in [6.07, 6.45) is 13.5. The molecule has 2 aliphatic carbocycles. The Kier molecular flexibility index (Phi) is 7.27. The van der Waals surface area contributed by atoms with Crippen molar-refractivity contribution in [3.63, 3.8) is 0 Å². The van der Waals surface area contributed by atoms with Gasteiger partial charge in [0.2, 0.25) is 0 Å². The summed E-state index contributed by atoms with van der Waals surface area (Å²) in [5, 5.41) is 8.15. The number of hydrogen-bond acceptors (Lipinski definition) is 5. The van der Waals surface area contributed by atoms with Crippen molar-refractivity contribution in [2.45, 2.75) is 96.6 Å². The first-order valence-corrected chi connectivity index (χ1v) is 12.9. The fraction of sp³-hybridized carbons (Fsp3) is 0.708. The van der Waals surface area contributed by atoms with E-state index in [0.717, 1.165) is 36.0 Å². The summed E-state index contributed by atoms with van der Waals surface area (Å²) in [5.41, 5.74) is 0.139. The van der Waals surface area contributed by atoms with Crippen molar-refractivity contribution in [1.29, 1.82) is 0 Å². The maximum Gasteiger partial charge on any atom is 0.416 e. The lowest BCUT2D eigenvalue weighted by Crippen LogP contribution is -2.41. The Bertz CT molecular complexity index is 926. The van der Waals surface area contributed by atoms with Gasteiger partial charge in [0.15, 0.2) is 5.65 Å². The number of ether oxygens (including phenoxy) is 1. The molecule has 2 aromatic rings. The Labute approximate surface area is 199 Å². The van der Waals surface area contributed by atoms with Gasteiger partial charge >= 0.3 is 6.09 Å². The number of nitrogens with zero attached hydrogens (tertiary/aromatic N) is 4. The molecule has 0 atom stereocenters. The number of hydrogen-bond donors (Lipinski definition) is 1. The van der Waals surface area contributed by atoms with E-state index in [4.69, 9.17) is 9.72 Å². The lowest BCUT2D eigenvalue weighted by atomic mass is 9.89. The molecular weight excluding hydrogens is 470 g/mol. The Morgan fingerprint density at radius 2 is 1.81 bits per heavy atom. The van der Waals surface area contributed by atoms with E-state index in [1.807, 2.05) is 26.8 Å². The average Bonchev–Trinajstić information content (AvgIpc) is 3.13. The van der Waals surface area contributed by atoms with Crippen LogP contribution >= 0.6 is 15.9 Å². The molecule has 1 N–H and O–H groups in total. The zero-order valence-corrected chi connectivity index (χ0v) is 21.2. The number of aromatic nitrogens is 3. The molecule has 2 fully saturated rings. The summed E-state index contributed by atoms with van der Waals surface area (Å²) in [6.45, 7) is 6.36. The van der Waals surface area contributed by atoms with Crippen LogP contribution in [-0.2, 0) is 4.74 Å². The van der Waals surface area contributed by atoms with Gasteiger partial charge in [0.1, 0.15) is 17.2 Å². The predicted molar refractivity (Wildman–Crippen MR) is 131 cm³/mol. The maximum absolute atomic E-state index is 13.4. The largest absolute Gasteiger partial charge is 0.443 e. The van der Waals surface area contributed by atoms with Gasteiger partial charge in [0.25, 0.3) is 0 Å². The molecule has 2 aliphatic rings. The van der Waals surface area contributed by atoms with Gasteiger partial charge in [0, 0.05) is 18.7 Å². The Hall–Kier alpha value is -1.83. The zero-order valence-electron chi connectivity index (χ0n) is 19.6. The van der Waals surface area contributed by atoms with Gasteiger partial charge in [0.05, 0.1) is 10.7 Å². The van der Waals surface area contributed by atoms with Crippen LogP contribution in [0.1, 0.15) is 85.0 Å². The van der Waals surface area contributed by atoms with Crippen molar-refractivity contribution < 1.29 is 9.53 Å². The first-order valence-electron chi connectivity index (χ1n) is 12.1. The van der Waals surface area contributed by atoms with Gasteiger partial charge in [-0.3, -0.25) is 4.90 Å². The van der Waals surface area contributed by atoms with Gasteiger partial charge < -0.3 is 10.1 Å². The molecule has 176 valence electrons. The summed E-state index contributed by atoms with van der Waals surface area (Å²) in [4.78, 5) is 20.0. The molecular formula is C24H36BrN5O2. The third-order valence-electron chi connectivity index (χ3n) is 6.42. The van der Waals surface area contributed by atoms with Gasteiger partial charge in [-0.25, -0.2) is 9.78 Å². The summed E-state index contributed by atoms with van der Waals surface area (Å²) in [5.74, 6) is 1.96. The van der Waals surface area contributed by atoms with Crippen LogP contribution in [0.5, 0.6) is 0 Å². The van der Waals surface area contributed by atoms with E-state index in [0.29, 0.717) is 30.0 Å². The molecule has 8 heteroatoms. The second-order valence-corrected chi connectivity index (χ2v) is 11.2. The molecule has 0 spiro atoms. The minimum atomic E-state index is -0.568. The second kappa shape index (κ2) is 9.98. The smallest absolute Gasteiger partial charge is 0.416 e. The summed E-state index contributed by atoms with van der Waals surface area (Å²) in [7, 11) is 0. The van der Waals surface area contributed by atoms with Crippen LogP contribution < -0.4 is 10.2 Å². The van der Waals surface area contributed by atoms with Gasteiger partial charge in [-0.2, -0.15) is 9.61 Å². The van der Waals surface area contributed by atoms with E-state index >= 15 is 0 Å². The summed E-state index contributed by atoms with van der Waals surface area (Å²) >= 11 is 3.59. The van der Waals surface area contributed by atoms with E-state index in [-0.39, 0.29) is 6.09 Å². The van der Waals surface area contributed by atoms with E-state index in [1.165, 1.54) is 38.5 Å². The quantitative estimate of drug-likeness (QED) is 0.498. The third-order valence-corrected chi connectivity index (χ3v) is 6.98.